The molecule has 0 saturated heterocycles. The molecule has 0 aliphatic rings. The molecule has 164 valence electrons. The molecule has 0 radical (unpaired) electrons. The van der Waals surface area contributed by atoms with Crippen LogP contribution < -0.4 is 21.3 Å². The van der Waals surface area contributed by atoms with Crippen LogP contribution in [0.25, 0.3) is 10.2 Å². The number of fused-ring (bicyclic) bond motifs is 1. The van der Waals surface area contributed by atoms with Crippen LogP contribution in [0.3, 0.4) is 0 Å². The second-order valence-electron chi connectivity index (χ2n) is 6.88. The number of nitrogens with zero attached hydrogens (tertiary/aromatic N) is 2. The molecule has 0 spiro atoms. The molecule has 2 aromatic carbocycles. The quantitative estimate of drug-likeness (QED) is 0.463. The van der Waals surface area contributed by atoms with Crippen LogP contribution in [-0.2, 0) is 17.9 Å². The van der Waals surface area contributed by atoms with E-state index in [9.17, 15) is 18.8 Å². The van der Waals surface area contributed by atoms with Crippen molar-refractivity contribution in [2.24, 2.45) is 0 Å². The first-order chi connectivity index (χ1) is 15.4. The number of hydrogen-bond donors (Lipinski definition) is 1. The number of amides is 1. The Balaban J connectivity index is 1.69. The number of hydrogen-bond acceptors (Lipinski definition) is 5. The molecule has 10 heteroatoms. The van der Waals surface area contributed by atoms with Crippen LogP contribution >= 0.6 is 22.9 Å². The van der Waals surface area contributed by atoms with Crippen LogP contribution in [0.1, 0.15) is 5.56 Å². The lowest BCUT2D eigenvalue weighted by atomic mass is 10.2. The van der Waals surface area contributed by atoms with Gasteiger partial charge >= 0.3 is 5.69 Å². The van der Waals surface area contributed by atoms with Crippen molar-refractivity contribution in [3.05, 3.63) is 91.2 Å². The predicted octanol–water partition coefficient (Wildman–Crippen LogP) is 3.71. The second-order valence-corrected chi connectivity index (χ2v) is 8.21. The number of rotatable bonds is 6. The number of benzene rings is 2. The van der Waals surface area contributed by atoms with Crippen molar-refractivity contribution < 1.29 is 13.9 Å². The van der Waals surface area contributed by atoms with Gasteiger partial charge in [0.15, 0.2) is 0 Å². The minimum atomic E-state index is -0.702. The number of methoxy groups -OCH3 is 1. The van der Waals surface area contributed by atoms with Gasteiger partial charge in [0.05, 0.1) is 24.2 Å². The van der Waals surface area contributed by atoms with Gasteiger partial charge in [0.2, 0.25) is 5.91 Å². The first kappa shape index (κ1) is 21.8. The Bertz CT molecular complexity index is 1440. The van der Waals surface area contributed by atoms with Crippen LogP contribution in [-0.4, -0.2) is 22.2 Å². The molecule has 1 amide bonds. The molecule has 1 N–H and O–H groups in total. The maximum atomic E-state index is 14.1. The third-order valence-corrected chi connectivity index (χ3v) is 6.05. The Hall–Kier alpha value is -3.43. The van der Waals surface area contributed by atoms with Crippen molar-refractivity contribution in [3.63, 3.8) is 0 Å². The number of aromatic nitrogens is 2. The number of carbonyl (C=O) groups excluding carboxylic acids is 1. The number of nitrogens with one attached hydrogen (secondary N) is 1. The Morgan fingerprint density at radius 1 is 1.16 bits per heavy atom. The summed E-state index contributed by atoms with van der Waals surface area (Å²) in [6.45, 7) is -0.582. The zero-order valence-electron chi connectivity index (χ0n) is 16.8. The maximum Gasteiger partial charge on any atom is 0.332 e. The molecule has 0 fully saturated rings. The van der Waals surface area contributed by atoms with E-state index in [1.165, 1.54) is 35.9 Å². The molecule has 2 heterocycles. The van der Waals surface area contributed by atoms with Gasteiger partial charge in [-0.05, 0) is 35.7 Å². The fourth-order valence-corrected chi connectivity index (χ4v) is 4.41. The highest BCUT2D eigenvalue weighted by Gasteiger charge is 2.18. The minimum Gasteiger partial charge on any atom is -0.495 e. The fourth-order valence-electron chi connectivity index (χ4n) is 3.31. The molecule has 0 atom stereocenters. The standard InChI is InChI=1S/C22H17ClFN3O4S/c1-31-18-7-6-14(10-15(18)23)25-19(28)12-26-17-8-9-32-20(17)21(29)27(22(26)30)11-13-4-2-3-5-16(13)24/h2-10H,11-12H2,1H3,(H,25,28). The van der Waals surface area contributed by atoms with Gasteiger partial charge in [0.25, 0.3) is 5.56 Å². The van der Waals surface area contributed by atoms with E-state index >= 15 is 0 Å². The smallest absolute Gasteiger partial charge is 0.332 e. The topological polar surface area (TPSA) is 82.3 Å². The van der Waals surface area contributed by atoms with Gasteiger partial charge < -0.3 is 10.1 Å². The fraction of sp³-hybridized carbons (Fsp3) is 0.136. The van der Waals surface area contributed by atoms with E-state index in [1.807, 2.05) is 0 Å². The summed E-state index contributed by atoms with van der Waals surface area (Å²) in [5.74, 6) is -0.552. The van der Waals surface area contributed by atoms with Gasteiger partial charge in [-0.15, -0.1) is 11.3 Å². The van der Waals surface area contributed by atoms with Crippen LogP contribution in [0.5, 0.6) is 5.75 Å². The van der Waals surface area contributed by atoms with E-state index in [-0.39, 0.29) is 18.7 Å². The molecule has 32 heavy (non-hydrogen) atoms. The van der Waals surface area contributed by atoms with E-state index in [4.69, 9.17) is 16.3 Å². The lowest BCUT2D eigenvalue weighted by Crippen LogP contribution is -2.41. The molecule has 7 nitrogen and oxygen atoms in total. The molecule has 0 aliphatic heterocycles. The highest BCUT2D eigenvalue weighted by molar-refractivity contribution is 7.17. The molecular weight excluding hydrogens is 457 g/mol. The third-order valence-electron chi connectivity index (χ3n) is 4.86. The summed E-state index contributed by atoms with van der Waals surface area (Å²) in [5, 5.41) is 4.66. The third kappa shape index (κ3) is 4.17. The molecule has 0 unspecified atom stereocenters. The van der Waals surface area contributed by atoms with Gasteiger partial charge in [0, 0.05) is 11.3 Å². The SMILES string of the molecule is COc1ccc(NC(=O)Cn2c(=O)n(Cc3ccccc3F)c(=O)c3sccc32)cc1Cl. The minimum absolute atomic E-state index is 0.200. The zero-order valence-corrected chi connectivity index (χ0v) is 18.4. The molecule has 0 saturated carbocycles. The number of ether oxygens (including phenoxy) is 1. The van der Waals surface area contributed by atoms with Gasteiger partial charge in [-0.2, -0.15) is 0 Å². The second kappa shape index (κ2) is 8.97. The highest BCUT2D eigenvalue weighted by Crippen LogP contribution is 2.27. The van der Waals surface area contributed by atoms with E-state index in [1.54, 1.807) is 29.6 Å². The summed E-state index contributed by atoms with van der Waals surface area (Å²) in [7, 11) is 1.48. The Kier molecular flexibility index (Phi) is 6.11. The molecule has 0 aliphatic carbocycles. The Morgan fingerprint density at radius 3 is 2.66 bits per heavy atom. The van der Waals surface area contributed by atoms with Gasteiger partial charge in [0.1, 0.15) is 22.8 Å². The molecular formula is C22H17ClFN3O4S. The van der Waals surface area contributed by atoms with Crippen molar-refractivity contribution in [1.82, 2.24) is 9.13 Å². The van der Waals surface area contributed by atoms with Crippen molar-refractivity contribution >= 4 is 44.7 Å². The maximum absolute atomic E-state index is 14.1. The van der Waals surface area contributed by atoms with Crippen molar-refractivity contribution in [3.8, 4) is 5.75 Å². The summed E-state index contributed by atoms with van der Waals surface area (Å²) in [4.78, 5) is 38.7. The predicted molar refractivity (Wildman–Crippen MR) is 122 cm³/mol. The number of thiophene rings is 1. The van der Waals surface area contributed by atoms with E-state index in [0.29, 0.717) is 26.7 Å². The van der Waals surface area contributed by atoms with Crippen molar-refractivity contribution in [1.29, 1.82) is 0 Å². The molecule has 2 aromatic heterocycles. The van der Waals surface area contributed by atoms with E-state index in [2.05, 4.69) is 5.32 Å². The highest BCUT2D eigenvalue weighted by atomic mass is 35.5. The molecule has 4 rings (SSSR count). The Labute approximate surface area is 190 Å². The van der Waals surface area contributed by atoms with E-state index in [0.717, 1.165) is 15.9 Å². The van der Waals surface area contributed by atoms with Crippen LogP contribution in [0, 0.1) is 5.82 Å². The average Bonchev–Trinajstić information content (AvgIpc) is 3.25. The first-order valence-corrected chi connectivity index (χ1v) is 10.7. The monoisotopic (exact) mass is 473 g/mol. The van der Waals surface area contributed by atoms with Crippen LogP contribution in [0.2, 0.25) is 5.02 Å². The lowest BCUT2D eigenvalue weighted by Gasteiger charge is -2.13. The molecule has 0 bridgehead atoms. The summed E-state index contributed by atoms with van der Waals surface area (Å²) in [5.41, 5.74) is -0.256. The lowest BCUT2D eigenvalue weighted by molar-refractivity contribution is -0.116. The number of halogens is 2. The normalized spacial score (nSPS) is 11.0. The summed E-state index contributed by atoms with van der Waals surface area (Å²) in [6.07, 6.45) is 0. The van der Waals surface area contributed by atoms with E-state index < -0.39 is 23.0 Å². The average molecular weight is 474 g/mol. The number of carbonyl (C=O) groups is 1. The first-order valence-electron chi connectivity index (χ1n) is 9.46. The summed E-state index contributed by atoms with van der Waals surface area (Å²) < 4.78 is 21.7. The van der Waals surface area contributed by atoms with Crippen LogP contribution in [0.15, 0.2) is 63.5 Å². The zero-order chi connectivity index (χ0) is 22.8. The summed E-state index contributed by atoms with van der Waals surface area (Å²) >= 11 is 7.24. The van der Waals surface area contributed by atoms with Gasteiger partial charge in [-0.3, -0.25) is 18.7 Å². The van der Waals surface area contributed by atoms with Crippen molar-refractivity contribution in [2.75, 3.05) is 12.4 Å². The summed E-state index contributed by atoms with van der Waals surface area (Å²) in [6, 6.07) is 12.3. The molecule has 4 aromatic rings. The Morgan fingerprint density at radius 2 is 1.94 bits per heavy atom. The van der Waals surface area contributed by atoms with Gasteiger partial charge in [-0.1, -0.05) is 29.8 Å². The van der Waals surface area contributed by atoms with Gasteiger partial charge in [-0.25, -0.2) is 9.18 Å². The van der Waals surface area contributed by atoms with Crippen molar-refractivity contribution in [2.45, 2.75) is 13.1 Å². The number of anilines is 1. The largest absolute Gasteiger partial charge is 0.495 e. The van der Waals surface area contributed by atoms with Crippen LogP contribution in [0.4, 0.5) is 10.1 Å².